The number of halogens is 2. The first-order chi connectivity index (χ1) is 13.1. The van der Waals surface area contributed by atoms with Gasteiger partial charge in [-0.15, -0.1) is 0 Å². The van der Waals surface area contributed by atoms with E-state index in [9.17, 15) is 4.79 Å². The molecule has 27 heavy (non-hydrogen) atoms. The largest absolute Gasteiger partial charge is 0.379 e. The Morgan fingerprint density at radius 1 is 1.22 bits per heavy atom. The van der Waals surface area contributed by atoms with Crippen LogP contribution in [-0.2, 0) is 11.3 Å². The van der Waals surface area contributed by atoms with Crippen molar-refractivity contribution in [2.75, 3.05) is 39.4 Å². The minimum atomic E-state index is -0.0555. The maximum absolute atomic E-state index is 13.2. The van der Waals surface area contributed by atoms with Crippen LogP contribution in [0.4, 0.5) is 0 Å². The van der Waals surface area contributed by atoms with Crippen molar-refractivity contribution < 1.29 is 9.53 Å². The summed E-state index contributed by atoms with van der Waals surface area (Å²) in [4.78, 5) is 21.5. The number of aromatic nitrogens is 1. The number of rotatable bonds is 7. The van der Waals surface area contributed by atoms with E-state index < -0.39 is 0 Å². The van der Waals surface area contributed by atoms with Gasteiger partial charge in [0.25, 0.3) is 5.91 Å². The van der Waals surface area contributed by atoms with Crippen LogP contribution in [0.25, 0.3) is 0 Å². The van der Waals surface area contributed by atoms with Gasteiger partial charge >= 0.3 is 0 Å². The molecule has 3 rings (SSSR count). The molecule has 0 aliphatic carbocycles. The molecule has 2 aromatic rings. The molecule has 1 aliphatic heterocycles. The number of carbonyl (C=O) groups is 1. The predicted molar refractivity (Wildman–Crippen MR) is 110 cm³/mol. The van der Waals surface area contributed by atoms with Gasteiger partial charge in [-0.3, -0.25) is 14.7 Å². The van der Waals surface area contributed by atoms with Crippen LogP contribution >= 0.6 is 27.5 Å². The monoisotopic (exact) mass is 451 g/mol. The van der Waals surface area contributed by atoms with Gasteiger partial charge < -0.3 is 9.64 Å². The summed E-state index contributed by atoms with van der Waals surface area (Å²) in [6.07, 6.45) is 4.40. The minimum Gasteiger partial charge on any atom is -0.379 e. The number of amides is 1. The lowest BCUT2D eigenvalue weighted by molar-refractivity contribution is 0.0355. The smallest absolute Gasteiger partial charge is 0.255 e. The first-order valence-corrected chi connectivity index (χ1v) is 10.2. The highest BCUT2D eigenvalue weighted by atomic mass is 79.9. The molecule has 0 spiro atoms. The Kier molecular flexibility index (Phi) is 7.64. The number of hydrogen-bond acceptors (Lipinski definition) is 4. The fourth-order valence-electron chi connectivity index (χ4n) is 3.10. The molecular formula is C20H23BrClN3O2. The standard InChI is InChI=1S/C20H23BrClN3O2/c21-17-2-3-19(22)18(14-17)20(26)25(15-16-4-6-23-7-5-16)9-1-8-24-10-12-27-13-11-24/h2-7,14H,1,8-13,15H2. The average molecular weight is 453 g/mol. The van der Waals surface area contributed by atoms with Crippen LogP contribution in [0.3, 0.4) is 0 Å². The van der Waals surface area contributed by atoms with E-state index in [2.05, 4.69) is 25.8 Å². The highest BCUT2D eigenvalue weighted by Gasteiger charge is 2.20. The number of benzene rings is 1. The summed E-state index contributed by atoms with van der Waals surface area (Å²) in [5, 5.41) is 0.469. The lowest BCUT2D eigenvalue weighted by Gasteiger charge is -2.28. The molecular weight excluding hydrogens is 430 g/mol. The molecule has 1 aromatic carbocycles. The average Bonchev–Trinajstić information content (AvgIpc) is 2.70. The molecule has 0 saturated carbocycles. The van der Waals surface area contributed by atoms with E-state index >= 15 is 0 Å². The predicted octanol–water partition coefficient (Wildman–Crippen LogP) is 3.86. The molecule has 1 aromatic heterocycles. The summed E-state index contributed by atoms with van der Waals surface area (Å²) in [5.41, 5.74) is 1.57. The van der Waals surface area contributed by atoms with Crippen molar-refractivity contribution in [3.05, 3.63) is 63.3 Å². The first-order valence-electron chi connectivity index (χ1n) is 9.07. The highest BCUT2D eigenvalue weighted by molar-refractivity contribution is 9.10. The number of nitrogens with zero attached hydrogens (tertiary/aromatic N) is 3. The first kappa shape index (κ1) is 20.3. The summed E-state index contributed by atoms with van der Waals surface area (Å²) in [7, 11) is 0. The summed E-state index contributed by atoms with van der Waals surface area (Å²) in [6, 6.07) is 9.24. The van der Waals surface area contributed by atoms with Gasteiger partial charge in [-0.05, 0) is 42.3 Å². The van der Waals surface area contributed by atoms with Crippen molar-refractivity contribution in [3.63, 3.8) is 0 Å². The van der Waals surface area contributed by atoms with Crippen LogP contribution in [0.2, 0.25) is 5.02 Å². The maximum Gasteiger partial charge on any atom is 0.255 e. The highest BCUT2D eigenvalue weighted by Crippen LogP contribution is 2.23. The third kappa shape index (κ3) is 6.01. The van der Waals surface area contributed by atoms with Crippen molar-refractivity contribution in [1.82, 2.24) is 14.8 Å². The Bertz CT molecular complexity index is 754. The second-order valence-corrected chi connectivity index (χ2v) is 7.84. The zero-order valence-electron chi connectivity index (χ0n) is 15.1. The van der Waals surface area contributed by atoms with Gasteiger partial charge in [0.15, 0.2) is 0 Å². The molecule has 1 aliphatic rings. The van der Waals surface area contributed by atoms with Crippen LogP contribution in [0.1, 0.15) is 22.3 Å². The second-order valence-electron chi connectivity index (χ2n) is 6.51. The number of pyridine rings is 1. The van der Waals surface area contributed by atoms with Crippen molar-refractivity contribution in [2.45, 2.75) is 13.0 Å². The van der Waals surface area contributed by atoms with E-state index in [1.165, 1.54) is 0 Å². The van der Waals surface area contributed by atoms with Gasteiger partial charge in [0.1, 0.15) is 0 Å². The van der Waals surface area contributed by atoms with Crippen LogP contribution in [-0.4, -0.2) is 60.1 Å². The van der Waals surface area contributed by atoms with E-state index in [-0.39, 0.29) is 5.91 Å². The Balaban J connectivity index is 1.70. The topological polar surface area (TPSA) is 45.7 Å². The number of morpholine rings is 1. The Hall–Kier alpha value is -1.47. The number of carbonyl (C=O) groups excluding carboxylic acids is 1. The molecule has 0 N–H and O–H groups in total. The van der Waals surface area contributed by atoms with Crippen LogP contribution < -0.4 is 0 Å². The molecule has 2 heterocycles. The van der Waals surface area contributed by atoms with Crippen LogP contribution in [0.5, 0.6) is 0 Å². The molecule has 0 bridgehead atoms. The number of ether oxygens (including phenoxy) is 1. The minimum absolute atomic E-state index is 0.0555. The zero-order valence-corrected chi connectivity index (χ0v) is 17.5. The van der Waals surface area contributed by atoms with Crippen molar-refractivity contribution in [1.29, 1.82) is 0 Å². The van der Waals surface area contributed by atoms with Gasteiger partial charge in [0.05, 0.1) is 23.8 Å². The molecule has 1 saturated heterocycles. The summed E-state index contributed by atoms with van der Waals surface area (Å²) < 4.78 is 6.24. The van der Waals surface area contributed by atoms with Gasteiger partial charge in [0.2, 0.25) is 0 Å². The van der Waals surface area contributed by atoms with Gasteiger partial charge in [-0.25, -0.2) is 0 Å². The lowest BCUT2D eigenvalue weighted by Crippen LogP contribution is -2.39. The van der Waals surface area contributed by atoms with E-state index in [0.29, 0.717) is 23.7 Å². The van der Waals surface area contributed by atoms with Gasteiger partial charge in [-0.1, -0.05) is 27.5 Å². The molecule has 0 atom stereocenters. The summed E-state index contributed by atoms with van der Waals surface area (Å²) in [5.74, 6) is -0.0555. The third-order valence-corrected chi connectivity index (χ3v) is 5.40. The van der Waals surface area contributed by atoms with E-state index in [1.807, 2.05) is 23.1 Å². The third-order valence-electron chi connectivity index (χ3n) is 4.57. The summed E-state index contributed by atoms with van der Waals surface area (Å²) >= 11 is 9.72. The normalized spacial score (nSPS) is 14.9. The van der Waals surface area contributed by atoms with Gasteiger partial charge in [0, 0.05) is 49.6 Å². The van der Waals surface area contributed by atoms with Crippen LogP contribution in [0, 0.1) is 0 Å². The van der Waals surface area contributed by atoms with Crippen molar-refractivity contribution >= 4 is 33.4 Å². The summed E-state index contributed by atoms with van der Waals surface area (Å²) in [6.45, 7) is 5.64. The second kappa shape index (κ2) is 10.2. The quantitative estimate of drug-likeness (QED) is 0.640. The van der Waals surface area contributed by atoms with E-state index in [1.54, 1.807) is 24.5 Å². The van der Waals surface area contributed by atoms with Gasteiger partial charge in [-0.2, -0.15) is 0 Å². The zero-order chi connectivity index (χ0) is 19.1. The van der Waals surface area contributed by atoms with Crippen molar-refractivity contribution in [3.8, 4) is 0 Å². The SMILES string of the molecule is O=C(c1cc(Br)ccc1Cl)N(CCCN1CCOCC1)Cc1ccncc1. The van der Waals surface area contributed by atoms with E-state index in [0.717, 1.165) is 49.3 Å². The molecule has 7 heteroatoms. The van der Waals surface area contributed by atoms with Crippen LogP contribution in [0.15, 0.2) is 47.2 Å². The Labute approximate surface area is 173 Å². The Morgan fingerprint density at radius 2 is 1.96 bits per heavy atom. The molecule has 0 radical (unpaired) electrons. The lowest BCUT2D eigenvalue weighted by atomic mass is 10.1. The fourth-order valence-corrected chi connectivity index (χ4v) is 3.66. The molecule has 0 unspecified atom stereocenters. The maximum atomic E-state index is 13.2. The van der Waals surface area contributed by atoms with E-state index in [4.69, 9.17) is 16.3 Å². The fraction of sp³-hybridized carbons (Fsp3) is 0.400. The molecule has 1 fully saturated rings. The molecule has 5 nitrogen and oxygen atoms in total. The molecule has 1 amide bonds. The molecule has 144 valence electrons. The van der Waals surface area contributed by atoms with Crippen molar-refractivity contribution in [2.24, 2.45) is 0 Å². The Morgan fingerprint density at radius 3 is 2.70 bits per heavy atom. The number of hydrogen-bond donors (Lipinski definition) is 0.